The Bertz CT molecular complexity index is 596. The maximum absolute atomic E-state index is 12.7. The van der Waals surface area contributed by atoms with Gasteiger partial charge in [0, 0.05) is 25.3 Å². The number of carbonyl (C=O) groups excluding carboxylic acids is 1. The zero-order valence-electron chi connectivity index (χ0n) is 12.4. The van der Waals surface area contributed by atoms with E-state index in [-0.39, 0.29) is 23.5 Å². The van der Waals surface area contributed by atoms with Gasteiger partial charge in [-0.05, 0) is 19.8 Å². The monoisotopic (exact) mass is 315 g/mol. The Hall–Kier alpha value is -1.41. The fourth-order valence-electron chi connectivity index (χ4n) is 2.54. The Labute approximate surface area is 125 Å². The maximum atomic E-state index is 12.7. The van der Waals surface area contributed by atoms with E-state index >= 15 is 0 Å². The van der Waals surface area contributed by atoms with Crippen molar-refractivity contribution in [1.29, 1.82) is 0 Å². The molecule has 0 bridgehead atoms. The van der Waals surface area contributed by atoms with Crippen LogP contribution in [0.4, 0.5) is 0 Å². The lowest BCUT2D eigenvalue weighted by Gasteiger charge is -2.33. The average Bonchev–Trinajstić information content (AvgIpc) is 2.97. The van der Waals surface area contributed by atoms with Crippen LogP contribution >= 0.6 is 0 Å². The molecule has 0 saturated carbocycles. The van der Waals surface area contributed by atoms with Crippen molar-refractivity contribution in [2.45, 2.75) is 50.2 Å². The van der Waals surface area contributed by atoms with E-state index in [9.17, 15) is 13.2 Å². The Morgan fingerprint density at radius 1 is 1.48 bits per heavy atom. The molecular weight excluding hydrogens is 294 g/mol. The number of rotatable bonds is 5. The number of hydrogen-bond donors (Lipinski definition) is 0. The normalized spacial score (nSPS) is 20.4. The van der Waals surface area contributed by atoms with Crippen molar-refractivity contribution in [1.82, 2.24) is 13.9 Å². The van der Waals surface area contributed by atoms with Crippen molar-refractivity contribution in [3.8, 4) is 0 Å². The zero-order valence-corrected chi connectivity index (χ0v) is 13.2. The summed E-state index contributed by atoms with van der Waals surface area (Å²) in [6, 6.07) is -0.344. The summed E-state index contributed by atoms with van der Waals surface area (Å²) >= 11 is 0. The summed E-state index contributed by atoms with van der Waals surface area (Å²) in [6.07, 6.45) is 5.50. The first-order chi connectivity index (χ1) is 9.98. The van der Waals surface area contributed by atoms with Gasteiger partial charge in [-0.2, -0.15) is 4.31 Å². The molecule has 2 heterocycles. The third-order valence-corrected chi connectivity index (χ3v) is 5.59. The third kappa shape index (κ3) is 3.44. The minimum Gasteiger partial charge on any atom is -0.469 e. The molecule has 21 heavy (non-hydrogen) atoms. The molecule has 1 aromatic rings. The third-order valence-electron chi connectivity index (χ3n) is 3.75. The fourth-order valence-corrected chi connectivity index (χ4v) is 4.17. The van der Waals surface area contributed by atoms with Gasteiger partial charge in [-0.3, -0.25) is 4.79 Å². The van der Waals surface area contributed by atoms with Gasteiger partial charge in [0.25, 0.3) is 10.0 Å². The Kier molecular flexibility index (Phi) is 5.00. The number of imidazole rings is 1. The number of piperidine rings is 1. The van der Waals surface area contributed by atoms with E-state index in [2.05, 4.69) is 9.72 Å². The largest absolute Gasteiger partial charge is 0.469 e. The molecule has 1 aliphatic rings. The van der Waals surface area contributed by atoms with Crippen LogP contribution in [0.2, 0.25) is 0 Å². The van der Waals surface area contributed by atoms with Crippen LogP contribution in [0.3, 0.4) is 0 Å². The van der Waals surface area contributed by atoms with Crippen molar-refractivity contribution in [3.05, 3.63) is 12.5 Å². The minimum absolute atomic E-state index is 0.0427. The fraction of sp³-hybridized carbons (Fsp3) is 0.692. The number of carbonyl (C=O) groups is 1. The van der Waals surface area contributed by atoms with Gasteiger partial charge in [0.15, 0.2) is 5.03 Å². The average molecular weight is 315 g/mol. The molecule has 8 heteroatoms. The molecule has 7 nitrogen and oxygen atoms in total. The van der Waals surface area contributed by atoms with E-state index in [1.807, 2.05) is 6.92 Å². The molecule has 1 atom stereocenters. The molecule has 0 spiro atoms. The second-order valence-electron chi connectivity index (χ2n) is 5.09. The number of nitrogens with zero attached hydrogens (tertiary/aromatic N) is 3. The SMILES string of the molecule is CCn1cnc(S(=O)(=O)N2CCCCC2CC(=O)OC)c1. The number of aromatic nitrogens is 2. The van der Waals surface area contributed by atoms with Gasteiger partial charge < -0.3 is 9.30 Å². The molecule has 2 rings (SSSR count). The van der Waals surface area contributed by atoms with Crippen LogP contribution in [0.1, 0.15) is 32.6 Å². The van der Waals surface area contributed by atoms with Gasteiger partial charge >= 0.3 is 5.97 Å². The minimum atomic E-state index is -3.66. The molecule has 0 N–H and O–H groups in total. The highest BCUT2D eigenvalue weighted by Gasteiger charge is 2.36. The Balaban J connectivity index is 2.24. The molecule has 0 amide bonds. The van der Waals surface area contributed by atoms with Gasteiger partial charge in [0.05, 0.1) is 19.9 Å². The summed E-state index contributed by atoms with van der Waals surface area (Å²) in [6.45, 7) is 3.00. The molecule has 0 radical (unpaired) electrons. The van der Waals surface area contributed by atoms with Crippen LogP contribution in [0.5, 0.6) is 0 Å². The van der Waals surface area contributed by atoms with Crippen LogP contribution in [0.15, 0.2) is 17.6 Å². The summed E-state index contributed by atoms with van der Waals surface area (Å²) in [5.74, 6) is -0.388. The lowest BCUT2D eigenvalue weighted by molar-refractivity contribution is -0.141. The number of methoxy groups -OCH3 is 1. The molecule has 1 aromatic heterocycles. The van der Waals surface area contributed by atoms with Crippen LogP contribution < -0.4 is 0 Å². The maximum Gasteiger partial charge on any atom is 0.307 e. The van der Waals surface area contributed by atoms with E-state index in [4.69, 9.17) is 0 Å². The molecule has 0 aromatic carbocycles. The highest BCUT2D eigenvalue weighted by Crippen LogP contribution is 2.26. The van der Waals surface area contributed by atoms with Gasteiger partial charge in [-0.1, -0.05) is 6.42 Å². The number of aryl methyl sites for hydroxylation is 1. The van der Waals surface area contributed by atoms with Gasteiger partial charge in [-0.15, -0.1) is 0 Å². The lowest BCUT2D eigenvalue weighted by Crippen LogP contribution is -2.44. The molecule has 1 fully saturated rings. The zero-order chi connectivity index (χ0) is 15.5. The number of ether oxygens (including phenoxy) is 1. The quantitative estimate of drug-likeness (QED) is 0.757. The topological polar surface area (TPSA) is 81.5 Å². The van der Waals surface area contributed by atoms with Crippen molar-refractivity contribution in [3.63, 3.8) is 0 Å². The molecule has 1 aliphatic heterocycles. The van der Waals surface area contributed by atoms with Gasteiger partial charge in [0.2, 0.25) is 0 Å². The second kappa shape index (κ2) is 6.57. The van der Waals surface area contributed by atoms with Crippen LogP contribution in [0, 0.1) is 0 Å². The number of esters is 1. The van der Waals surface area contributed by atoms with Crippen molar-refractivity contribution in [2.75, 3.05) is 13.7 Å². The predicted octanol–water partition coefficient (Wildman–Crippen LogP) is 1.01. The van der Waals surface area contributed by atoms with E-state index in [1.165, 1.54) is 23.9 Å². The van der Waals surface area contributed by atoms with Gasteiger partial charge in [-0.25, -0.2) is 13.4 Å². The molecule has 0 aliphatic carbocycles. The molecule has 1 unspecified atom stereocenters. The number of hydrogen-bond acceptors (Lipinski definition) is 5. The van der Waals surface area contributed by atoms with Crippen LogP contribution in [0.25, 0.3) is 0 Å². The molecular formula is C13H21N3O4S. The molecule has 118 valence electrons. The van der Waals surface area contributed by atoms with Crippen LogP contribution in [-0.4, -0.2) is 47.9 Å². The summed E-state index contributed by atoms with van der Waals surface area (Å²) in [5, 5.41) is 0.0427. The highest BCUT2D eigenvalue weighted by atomic mass is 32.2. The summed E-state index contributed by atoms with van der Waals surface area (Å²) < 4.78 is 33.2. The first-order valence-electron chi connectivity index (χ1n) is 7.09. The Morgan fingerprint density at radius 3 is 2.86 bits per heavy atom. The summed E-state index contributed by atoms with van der Waals surface area (Å²) in [7, 11) is -2.35. The lowest BCUT2D eigenvalue weighted by atomic mass is 10.0. The van der Waals surface area contributed by atoms with Crippen LogP contribution in [-0.2, 0) is 26.1 Å². The Morgan fingerprint density at radius 2 is 2.24 bits per heavy atom. The second-order valence-corrected chi connectivity index (χ2v) is 6.93. The standard InChI is InChI=1S/C13H21N3O4S/c1-3-15-9-12(14-10-15)21(18,19)16-7-5-4-6-11(16)8-13(17)20-2/h9-11H,3-8H2,1-2H3. The van der Waals surface area contributed by atoms with E-state index in [0.29, 0.717) is 19.5 Å². The highest BCUT2D eigenvalue weighted by molar-refractivity contribution is 7.89. The van der Waals surface area contributed by atoms with E-state index in [0.717, 1.165) is 12.8 Å². The summed E-state index contributed by atoms with van der Waals surface area (Å²) in [4.78, 5) is 15.5. The predicted molar refractivity (Wildman–Crippen MR) is 76.1 cm³/mol. The first-order valence-corrected chi connectivity index (χ1v) is 8.53. The van der Waals surface area contributed by atoms with Gasteiger partial charge in [0.1, 0.15) is 0 Å². The first kappa shape index (κ1) is 16.0. The summed E-state index contributed by atoms with van der Waals surface area (Å²) in [5.41, 5.74) is 0. The van der Waals surface area contributed by atoms with Crippen molar-refractivity contribution >= 4 is 16.0 Å². The van der Waals surface area contributed by atoms with E-state index in [1.54, 1.807) is 4.57 Å². The smallest absolute Gasteiger partial charge is 0.307 e. The van der Waals surface area contributed by atoms with Crippen molar-refractivity contribution < 1.29 is 17.9 Å². The van der Waals surface area contributed by atoms with Crippen molar-refractivity contribution in [2.24, 2.45) is 0 Å². The molecule has 1 saturated heterocycles. The number of sulfonamides is 1. The van der Waals surface area contributed by atoms with E-state index < -0.39 is 10.0 Å².